The van der Waals surface area contributed by atoms with Gasteiger partial charge in [0, 0.05) is 30.9 Å². The van der Waals surface area contributed by atoms with E-state index >= 15 is 0 Å². The Kier molecular flexibility index (Phi) is 8.36. The molecule has 0 aliphatic carbocycles. The summed E-state index contributed by atoms with van der Waals surface area (Å²) in [5.41, 5.74) is 1.20. The maximum atomic E-state index is 13.5. The zero-order valence-corrected chi connectivity index (χ0v) is 21.1. The Balaban J connectivity index is 1.91. The first kappa shape index (κ1) is 26.5. The summed E-state index contributed by atoms with van der Waals surface area (Å²) in [5.74, 6) is -0.298. The molecule has 0 spiro atoms. The molecule has 0 fully saturated rings. The maximum absolute atomic E-state index is 13.5. The number of fused-ring (bicyclic) bond motifs is 1. The summed E-state index contributed by atoms with van der Waals surface area (Å²) < 4.78 is 31.3. The maximum Gasteiger partial charge on any atom is 0.323 e. The Morgan fingerprint density at radius 1 is 1.20 bits per heavy atom. The molecular formula is C24H32N4O6S. The van der Waals surface area contributed by atoms with Crippen LogP contribution in [0, 0.1) is 5.92 Å². The van der Waals surface area contributed by atoms with E-state index in [1.807, 2.05) is 13.0 Å². The van der Waals surface area contributed by atoms with Crippen LogP contribution in [0.15, 0.2) is 48.5 Å². The molecule has 1 heterocycles. The summed E-state index contributed by atoms with van der Waals surface area (Å²) in [6, 6.07) is 12.7. The van der Waals surface area contributed by atoms with Gasteiger partial charge in [0.1, 0.15) is 11.9 Å². The zero-order chi connectivity index (χ0) is 25.8. The van der Waals surface area contributed by atoms with E-state index in [0.29, 0.717) is 11.4 Å². The highest BCUT2D eigenvalue weighted by molar-refractivity contribution is 7.88. The summed E-state index contributed by atoms with van der Waals surface area (Å²) in [6.45, 7) is 3.72. The number of ether oxygens (including phenoxy) is 1. The van der Waals surface area contributed by atoms with Gasteiger partial charge in [0.15, 0.2) is 0 Å². The lowest BCUT2D eigenvalue weighted by Crippen LogP contribution is -2.50. The number of likely N-dealkylation sites (N-methyl/N-ethyl adjacent to an activating group) is 1. The number of aliphatic hydroxyl groups excluding tert-OH is 1. The monoisotopic (exact) mass is 504 g/mol. The average molecular weight is 505 g/mol. The molecule has 0 unspecified atom stereocenters. The molecule has 0 saturated heterocycles. The SMILES string of the molecule is C[C@H](CO)N1C[C@H](C)[C@@H](CN(C)S(C)(=O)=O)Oc2ccc(NC(=O)Nc3ccccc3)cc2C1=O. The lowest BCUT2D eigenvalue weighted by atomic mass is 9.99. The van der Waals surface area contributed by atoms with E-state index in [1.54, 1.807) is 48.2 Å². The van der Waals surface area contributed by atoms with Crippen molar-refractivity contribution < 1.29 is 27.9 Å². The minimum absolute atomic E-state index is 0.0917. The number of para-hydroxylation sites is 1. The highest BCUT2D eigenvalue weighted by Gasteiger charge is 2.34. The zero-order valence-electron chi connectivity index (χ0n) is 20.3. The van der Waals surface area contributed by atoms with Crippen molar-refractivity contribution >= 4 is 33.3 Å². The number of nitrogens with zero attached hydrogens (tertiary/aromatic N) is 2. The smallest absolute Gasteiger partial charge is 0.323 e. The van der Waals surface area contributed by atoms with Gasteiger partial charge in [-0.25, -0.2) is 17.5 Å². The van der Waals surface area contributed by atoms with E-state index in [1.165, 1.54) is 17.4 Å². The van der Waals surface area contributed by atoms with Gasteiger partial charge in [-0.2, -0.15) is 0 Å². The second kappa shape index (κ2) is 11.1. The second-order valence-corrected chi connectivity index (χ2v) is 10.9. The number of anilines is 2. The Bertz CT molecular complexity index is 1160. The minimum Gasteiger partial charge on any atom is -0.488 e. The van der Waals surface area contributed by atoms with Crippen molar-refractivity contribution in [2.24, 2.45) is 5.92 Å². The quantitative estimate of drug-likeness (QED) is 0.531. The fourth-order valence-electron chi connectivity index (χ4n) is 3.72. The first-order valence-electron chi connectivity index (χ1n) is 11.3. The van der Waals surface area contributed by atoms with E-state index in [4.69, 9.17) is 4.74 Å². The Morgan fingerprint density at radius 3 is 2.49 bits per heavy atom. The highest BCUT2D eigenvalue weighted by Crippen LogP contribution is 2.31. The average Bonchev–Trinajstić information content (AvgIpc) is 2.81. The molecule has 10 nitrogen and oxygen atoms in total. The summed E-state index contributed by atoms with van der Waals surface area (Å²) in [6.07, 6.45) is 0.576. The number of urea groups is 1. The number of hydrogen-bond donors (Lipinski definition) is 3. The third-order valence-corrected chi connectivity index (χ3v) is 7.24. The summed E-state index contributed by atoms with van der Waals surface area (Å²) in [4.78, 5) is 27.4. The van der Waals surface area contributed by atoms with Gasteiger partial charge in [0.2, 0.25) is 10.0 Å². The van der Waals surface area contributed by atoms with Gasteiger partial charge in [-0.15, -0.1) is 0 Å². The topological polar surface area (TPSA) is 128 Å². The molecule has 0 radical (unpaired) electrons. The van der Waals surface area contributed by atoms with E-state index in [-0.39, 0.29) is 42.8 Å². The van der Waals surface area contributed by atoms with Crippen molar-refractivity contribution in [3.63, 3.8) is 0 Å². The fraction of sp³-hybridized carbons (Fsp3) is 0.417. The van der Waals surface area contributed by atoms with E-state index in [9.17, 15) is 23.1 Å². The van der Waals surface area contributed by atoms with Crippen molar-refractivity contribution in [3.05, 3.63) is 54.1 Å². The molecule has 0 saturated carbocycles. The van der Waals surface area contributed by atoms with Crippen molar-refractivity contribution in [2.45, 2.75) is 26.0 Å². The first-order chi connectivity index (χ1) is 16.5. The lowest BCUT2D eigenvalue weighted by molar-refractivity contribution is 0.0387. The van der Waals surface area contributed by atoms with Crippen molar-refractivity contribution in [2.75, 3.05) is 43.6 Å². The van der Waals surface area contributed by atoms with Gasteiger partial charge in [-0.1, -0.05) is 25.1 Å². The van der Waals surface area contributed by atoms with Crippen LogP contribution in [0.25, 0.3) is 0 Å². The first-order valence-corrected chi connectivity index (χ1v) is 13.1. The van der Waals surface area contributed by atoms with Crippen molar-refractivity contribution in [3.8, 4) is 5.75 Å². The van der Waals surface area contributed by atoms with Crippen LogP contribution in [0.5, 0.6) is 5.75 Å². The van der Waals surface area contributed by atoms with Crippen molar-refractivity contribution in [1.29, 1.82) is 0 Å². The third kappa shape index (κ3) is 6.71. The standard InChI is InChI=1S/C24H32N4O6S/c1-16-13-28(17(2)15-29)23(30)20-12-19(26-24(31)25-18-8-6-5-7-9-18)10-11-21(20)34-22(16)14-27(3)35(4,32)33/h5-12,16-17,22,29H,13-15H2,1-4H3,(H2,25,26,31)/t16-,17+,22+/m0/s1. The number of rotatable bonds is 7. The van der Waals surface area contributed by atoms with E-state index in [0.717, 1.165) is 6.26 Å². The molecule has 2 aromatic carbocycles. The Labute approximate surface area is 205 Å². The van der Waals surface area contributed by atoms with Crippen LogP contribution >= 0.6 is 0 Å². The number of nitrogens with one attached hydrogen (secondary N) is 2. The number of benzene rings is 2. The predicted octanol–water partition coefficient (Wildman–Crippen LogP) is 2.44. The molecule has 1 aliphatic heterocycles. The molecule has 11 heteroatoms. The fourth-order valence-corrected chi connectivity index (χ4v) is 4.14. The van der Waals surface area contributed by atoms with Crippen LogP contribution in [0.4, 0.5) is 16.2 Å². The van der Waals surface area contributed by atoms with Crippen molar-refractivity contribution in [1.82, 2.24) is 9.21 Å². The lowest BCUT2D eigenvalue weighted by Gasteiger charge is -2.38. The number of aliphatic hydroxyl groups is 1. The molecule has 3 N–H and O–H groups in total. The van der Waals surface area contributed by atoms with Crippen LogP contribution in [-0.4, -0.2) is 79.8 Å². The van der Waals surface area contributed by atoms with E-state index in [2.05, 4.69) is 10.6 Å². The number of hydrogen-bond acceptors (Lipinski definition) is 6. The summed E-state index contributed by atoms with van der Waals surface area (Å²) in [7, 11) is -1.96. The molecule has 1 aliphatic rings. The highest BCUT2D eigenvalue weighted by atomic mass is 32.2. The van der Waals surface area contributed by atoms with E-state index < -0.39 is 28.2 Å². The predicted molar refractivity (Wildman–Crippen MR) is 134 cm³/mol. The third-order valence-electron chi connectivity index (χ3n) is 5.96. The van der Waals surface area contributed by atoms with Crippen LogP contribution in [0.1, 0.15) is 24.2 Å². The number of carbonyl (C=O) groups excluding carboxylic acids is 2. The van der Waals surface area contributed by atoms with Gasteiger partial charge in [-0.05, 0) is 37.3 Å². The second-order valence-electron chi connectivity index (χ2n) is 8.82. The molecule has 0 aromatic heterocycles. The molecular weight excluding hydrogens is 472 g/mol. The summed E-state index contributed by atoms with van der Waals surface area (Å²) >= 11 is 0. The summed E-state index contributed by atoms with van der Waals surface area (Å²) in [5, 5.41) is 15.2. The van der Waals surface area contributed by atoms with Gasteiger partial charge in [0.05, 0.1) is 31.0 Å². The molecule has 0 bridgehead atoms. The number of carbonyl (C=O) groups is 2. The molecule has 35 heavy (non-hydrogen) atoms. The minimum atomic E-state index is -3.44. The van der Waals surface area contributed by atoms with Crippen LogP contribution < -0.4 is 15.4 Å². The van der Waals surface area contributed by atoms with Gasteiger partial charge >= 0.3 is 6.03 Å². The molecule has 190 valence electrons. The van der Waals surface area contributed by atoms with Crippen LogP contribution in [0.3, 0.4) is 0 Å². The molecule has 3 amide bonds. The molecule has 2 aromatic rings. The normalized spacial score (nSPS) is 19.3. The largest absolute Gasteiger partial charge is 0.488 e. The van der Waals surface area contributed by atoms with Crippen LogP contribution in [0.2, 0.25) is 0 Å². The van der Waals surface area contributed by atoms with Gasteiger partial charge < -0.3 is 25.4 Å². The Hall–Kier alpha value is -3.15. The van der Waals surface area contributed by atoms with Gasteiger partial charge in [0.25, 0.3) is 5.91 Å². The Morgan fingerprint density at radius 2 is 1.86 bits per heavy atom. The number of sulfonamides is 1. The number of amides is 3. The molecule has 3 atom stereocenters. The van der Waals surface area contributed by atoms with Crippen LogP contribution in [-0.2, 0) is 10.0 Å². The molecule has 3 rings (SSSR count). The van der Waals surface area contributed by atoms with Gasteiger partial charge in [-0.3, -0.25) is 4.79 Å².